The molecule has 2 aromatic rings. The van der Waals surface area contributed by atoms with Crippen LogP contribution in [0.15, 0.2) is 24.3 Å². The van der Waals surface area contributed by atoms with E-state index in [4.69, 9.17) is 11.6 Å². The maximum Gasteiger partial charge on any atom is 0.245 e. The average molecular weight is 359 g/mol. The maximum absolute atomic E-state index is 12.7. The number of carbonyl (C=O) groups is 1. The van der Waals surface area contributed by atoms with Crippen molar-refractivity contribution in [1.82, 2.24) is 14.9 Å². The molecule has 1 aromatic carbocycles. The van der Waals surface area contributed by atoms with Gasteiger partial charge in [0.05, 0.1) is 0 Å². The minimum Gasteiger partial charge on any atom is -0.358 e. The van der Waals surface area contributed by atoms with Gasteiger partial charge in [0.2, 0.25) is 5.91 Å². The molecule has 0 saturated carbocycles. The van der Waals surface area contributed by atoms with E-state index >= 15 is 0 Å². The van der Waals surface area contributed by atoms with Crippen molar-refractivity contribution >= 4 is 23.3 Å². The molecule has 1 aromatic heterocycles. The summed E-state index contributed by atoms with van der Waals surface area (Å²) in [5.41, 5.74) is 3.15. The summed E-state index contributed by atoms with van der Waals surface area (Å²) in [6.45, 7) is 7.29. The van der Waals surface area contributed by atoms with E-state index < -0.39 is 0 Å². The fraction of sp³-hybridized carbons (Fsp3) is 0.421. The first-order valence-corrected chi connectivity index (χ1v) is 8.99. The zero-order chi connectivity index (χ0) is 18.0. The second-order valence-corrected chi connectivity index (χ2v) is 6.85. The van der Waals surface area contributed by atoms with Gasteiger partial charge in [0.15, 0.2) is 0 Å². The lowest BCUT2D eigenvalue weighted by Gasteiger charge is -2.18. The Kier molecular flexibility index (Phi) is 5.23. The Morgan fingerprint density at radius 1 is 1.24 bits per heavy atom. The van der Waals surface area contributed by atoms with Crippen LogP contribution in [-0.4, -0.2) is 33.4 Å². The van der Waals surface area contributed by atoms with E-state index in [1.807, 2.05) is 18.7 Å². The molecular formula is C19H23ClN4O. The summed E-state index contributed by atoms with van der Waals surface area (Å²) in [5, 5.41) is 3.71. The van der Waals surface area contributed by atoms with E-state index in [1.165, 1.54) is 5.56 Å². The van der Waals surface area contributed by atoms with Gasteiger partial charge >= 0.3 is 0 Å². The highest BCUT2D eigenvalue weighted by Crippen LogP contribution is 2.24. The van der Waals surface area contributed by atoms with E-state index in [1.54, 1.807) is 0 Å². The van der Waals surface area contributed by atoms with Crippen molar-refractivity contribution in [3.63, 3.8) is 0 Å². The minimum atomic E-state index is -0.264. The molecule has 0 aliphatic carbocycles. The van der Waals surface area contributed by atoms with Crippen molar-refractivity contribution in [2.75, 3.05) is 11.9 Å². The van der Waals surface area contributed by atoms with Crippen LogP contribution >= 0.6 is 11.6 Å². The van der Waals surface area contributed by atoms with E-state index in [9.17, 15) is 4.79 Å². The molecular weight excluding hydrogens is 336 g/mol. The highest BCUT2D eigenvalue weighted by Gasteiger charge is 2.32. The Bertz CT molecular complexity index is 776. The summed E-state index contributed by atoms with van der Waals surface area (Å²) in [7, 11) is 0. The van der Waals surface area contributed by atoms with Crippen LogP contribution in [0.25, 0.3) is 0 Å². The zero-order valence-electron chi connectivity index (χ0n) is 14.8. The number of hydrogen-bond acceptors (Lipinski definition) is 4. The number of halogens is 1. The SMILES string of the molecule is CCc1nc(Cl)c(C)c(NC2CCN(Cc3ccc(C)cc3)C2=O)n1. The number of aromatic nitrogens is 2. The Morgan fingerprint density at radius 3 is 2.64 bits per heavy atom. The highest BCUT2D eigenvalue weighted by atomic mass is 35.5. The second-order valence-electron chi connectivity index (χ2n) is 6.49. The number of benzene rings is 1. The molecule has 6 heteroatoms. The Hall–Kier alpha value is -2.14. The third-order valence-electron chi connectivity index (χ3n) is 4.55. The lowest BCUT2D eigenvalue weighted by molar-refractivity contribution is -0.128. The Morgan fingerprint density at radius 2 is 1.96 bits per heavy atom. The lowest BCUT2D eigenvalue weighted by Crippen LogP contribution is -2.33. The topological polar surface area (TPSA) is 58.1 Å². The zero-order valence-corrected chi connectivity index (χ0v) is 15.6. The highest BCUT2D eigenvalue weighted by molar-refractivity contribution is 6.30. The van der Waals surface area contributed by atoms with Gasteiger partial charge < -0.3 is 10.2 Å². The first kappa shape index (κ1) is 17.7. The van der Waals surface area contributed by atoms with Gasteiger partial charge in [-0.05, 0) is 25.8 Å². The van der Waals surface area contributed by atoms with Crippen molar-refractivity contribution < 1.29 is 4.79 Å². The molecule has 1 saturated heterocycles. The van der Waals surface area contributed by atoms with Crippen LogP contribution in [0.5, 0.6) is 0 Å². The summed E-state index contributed by atoms with van der Waals surface area (Å²) < 4.78 is 0. The molecule has 1 N–H and O–H groups in total. The van der Waals surface area contributed by atoms with Gasteiger partial charge in [-0.25, -0.2) is 9.97 Å². The van der Waals surface area contributed by atoms with E-state index in [2.05, 4.69) is 46.5 Å². The van der Waals surface area contributed by atoms with Crippen molar-refractivity contribution in [1.29, 1.82) is 0 Å². The molecule has 2 heterocycles. The van der Waals surface area contributed by atoms with Crippen LogP contribution in [-0.2, 0) is 17.8 Å². The minimum absolute atomic E-state index is 0.104. The molecule has 25 heavy (non-hydrogen) atoms. The largest absolute Gasteiger partial charge is 0.358 e. The average Bonchev–Trinajstić information content (AvgIpc) is 2.94. The first-order valence-electron chi connectivity index (χ1n) is 8.61. The fourth-order valence-electron chi connectivity index (χ4n) is 2.94. The quantitative estimate of drug-likeness (QED) is 0.831. The molecule has 0 radical (unpaired) electrons. The first-order chi connectivity index (χ1) is 12.0. The summed E-state index contributed by atoms with van der Waals surface area (Å²) in [4.78, 5) is 23.3. The molecule has 1 aliphatic heterocycles. The van der Waals surface area contributed by atoms with Gasteiger partial charge in [-0.3, -0.25) is 4.79 Å². The molecule has 1 unspecified atom stereocenters. The molecule has 1 amide bonds. The van der Waals surface area contributed by atoms with Gasteiger partial charge in [0.1, 0.15) is 22.8 Å². The Balaban J connectivity index is 1.70. The normalized spacial score (nSPS) is 17.2. The number of hydrogen-bond donors (Lipinski definition) is 1. The van der Waals surface area contributed by atoms with Crippen LogP contribution in [0, 0.1) is 13.8 Å². The molecule has 0 bridgehead atoms. The molecule has 1 fully saturated rings. The van der Waals surface area contributed by atoms with Crippen molar-refractivity contribution in [3.05, 3.63) is 51.9 Å². The van der Waals surface area contributed by atoms with Crippen LogP contribution in [0.2, 0.25) is 5.15 Å². The molecule has 1 atom stereocenters. The number of aryl methyl sites for hydroxylation is 2. The molecule has 3 rings (SSSR count). The van der Waals surface area contributed by atoms with Crippen LogP contribution < -0.4 is 5.32 Å². The third kappa shape index (κ3) is 3.93. The fourth-order valence-corrected chi connectivity index (χ4v) is 3.13. The summed E-state index contributed by atoms with van der Waals surface area (Å²) in [5.74, 6) is 1.44. The molecule has 0 spiro atoms. The monoisotopic (exact) mass is 358 g/mol. The molecule has 1 aliphatic rings. The van der Waals surface area contributed by atoms with Gasteiger partial charge in [-0.2, -0.15) is 0 Å². The van der Waals surface area contributed by atoms with Crippen LogP contribution in [0.4, 0.5) is 5.82 Å². The van der Waals surface area contributed by atoms with E-state index in [0.717, 1.165) is 24.1 Å². The smallest absolute Gasteiger partial charge is 0.245 e. The van der Waals surface area contributed by atoms with Crippen molar-refractivity contribution in [2.24, 2.45) is 0 Å². The van der Waals surface area contributed by atoms with E-state index in [0.29, 0.717) is 29.8 Å². The third-order valence-corrected chi connectivity index (χ3v) is 4.92. The number of amides is 1. The van der Waals surface area contributed by atoms with Crippen molar-refractivity contribution in [2.45, 2.75) is 46.2 Å². The predicted octanol–water partition coefficient (Wildman–Crippen LogP) is 3.52. The van der Waals surface area contributed by atoms with Crippen molar-refractivity contribution in [3.8, 4) is 0 Å². The number of likely N-dealkylation sites (tertiary alicyclic amines) is 1. The lowest BCUT2D eigenvalue weighted by atomic mass is 10.1. The van der Waals surface area contributed by atoms with Gasteiger partial charge in [-0.15, -0.1) is 0 Å². The number of rotatable bonds is 5. The maximum atomic E-state index is 12.7. The molecule has 5 nitrogen and oxygen atoms in total. The number of carbonyl (C=O) groups excluding carboxylic acids is 1. The number of nitrogens with zero attached hydrogens (tertiary/aromatic N) is 3. The van der Waals surface area contributed by atoms with Gasteiger partial charge in [0, 0.05) is 25.1 Å². The Labute approximate surface area is 153 Å². The molecule has 132 valence electrons. The summed E-state index contributed by atoms with van der Waals surface area (Å²) in [6, 6.07) is 8.03. The van der Waals surface area contributed by atoms with Crippen LogP contribution in [0.3, 0.4) is 0 Å². The van der Waals surface area contributed by atoms with Gasteiger partial charge in [0.25, 0.3) is 0 Å². The predicted molar refractivity (Wildman–Crippen MR) is 99.8 cm³/mol. The number of nitrogens with one attached hydrogen (secondary N) is 1. The van der Waals surface area contributed by atoms with E-state index in [-0.39, 0.29) is 11.9 Å². The van der Waals surface area contributed by atoms with Crippen LogP contribution in [0.1, 0.15) is 35.9 Å². The van der Waals surface area contributed by atoms with Gasteiger partial charge in [-0.1, -0.05) is 48.4 Å². The second kappa shape index (κ2) is 7.40. The summed E-state index contributed by atoms with van der Waals surface area (Å²) in [6.07, 6.45) is 1.46. The number of anilines is 1. The standard InChI is InChI=1S/C19H23ClN4O/c1-4-16-22-17(20)13(3)18(23-16)21-15-9-10-24(19(15)25)11-14-7-5-12(2)6-8-14/h5-8,15H,4,9-11H2,1-3H3,(H,21,22,23). The summed E-state index contributed by atoms with van der Waals surface area (Å²) >= 11 is 6.18.